The van der Waals surface area contributed by atoms with Gasteiger partial charge in [0.05, 0.1) is 18.6 Å². The van der Waals surface area contributed by atoms with Gasteiger partial charge < -0.3 is 0 Å². The Morgan fingerprint density at radius 3 is 2.44 bits per heavy atom. The Morgan fingerprint density at radius 1 is 1.08 bits per heavy atom. The molecule has 0 radical (unpaired) electrons. The van der Waals surface area contributed by atoms with E-state index < -0.39 is 0 Å². The zero-order valence-corrected chi connectivity index (χ0v) is 14.1. The van der Waals surface area contributed by atoms with Gasteiger partial charge in [0.2, 0.25) is 0 Å². The number of benzene rings is 2. The molecular formula is C19H20FN5. The third-order valence-corrected chi connectivity index (χ3v) is 4.59. The van der Waals surface area contributed by atoms with Crippen LogP contribution in [0.2, 0.25) is 0 Å². The minimum atomic E-state index is -0.226. The van der Waals surface area contributed by atoms with E-state index in [2.05, 4.69) is 32.6 Å². The van der Waals surface area contributed by atoms with Crippen molar-refractivity contribution in [3.63, 3.8) is 0 Å². The lowest BCUT2D eigenvalue weighted by molar-refractivity contribution is 0.258. The smallest absolute Gasteiger partial charge is 0.165 e. The standard InChI is InChI=1S/C19H20FN5/c1-24(13-18-21-22-23-25(18)17-11-12-17)19(14-5-3-2-4-6-14)15-7-9-16(20)10-8-15/h2-10,17,19H,11-13H2,1H3. The molecule has 0 aliphatic heterocycles. The molecule has 6 heteroatoms. The first kappa shape index (κ1) is 15.9. The molecule has 1 fully saturated rings. The van der Waals surface area contributed by atoms with Gasteiger partial charge in [0.15, 0.2) is 5.82 Å². The van der Waals surface area contributed by atoms with E-state index in [4.69, 9.17) is 0 Å². The number of nitrogens with zero attached hydrogens (tertiary/aromatic N) is 5. The second-order valence-electron chi connectivity index (χ2n) is 6.55. The summed E-state index contributed by atoms with van der Waals surface area (Å²) in [6.07, 6.45) is 2.28. The number of tetrazole rings is 1. The minimum Gasteiger partial charge on any atom is -0.288 e. The highest BCUT2D eigenvalue weighted by molar-refractivity contribution is 5.32. The monoisotopic (exact) mass is 337 g/mol. The fourth-order valence-electron chi connectivity index (χ4n) is 3.22. The van der Waals surface area contributed by atoms with Gasteiger partial charge in [-0.3, -0.25) is 4.90 Å². The quantitative estimate of drug-likeness (QED) is 0.692. The van der Waals surface area contributed by atoms with Gasteiger partial charge in [0, 0.05) is 0 Å². The van der Waals surface area contributed by atoms with Crippen molar-refractivity contribution in [1.82, 2.24) is 25.1 Å². The summed E-state index contributed by atoms with van der Waals surface area (Å²) in [7, 11) is 2.05. The summed E-state index contributed by atoms with van der Waals surface area (Å²) < 4.78 is 15.3. The molecule has 5 nitrogen and oxygen atoms in total. The predicted octanol–water partition coefficient (Wildman–Crippen LogP) is 3.37. The lowest BCUT2D eigenvalue weighted by atomic mass is 9.97. The average molecular weight is 337 g/mol. The predicted molar refractivity (Wildman–Crippen MR) is 92.2 cm³/mol. The molecule has 25 heavy (non-hydrogen) atoms. The molecule has 1 heterocycles. The topological polar surface area (TPSA) is 46.8 Å². The van der Waals surface area contributed by atoms with E-state index in [0.717, 1.165) is 29.8 Å². The molecule has 0 bridgehead atoms. The van der Waals surface area contributed by atoms with Crippen molar-refractivity contribution in [3.8, 4) is 0 Å². The molecule has 1 aliphatic rings. The van der Waals surface area contributed by atoms with E-state index in [1.807, 2.05) is 42.1 Å². The van der Waals surface area contributed by atoms with Crippen LogP contribution in [-0.2, 0) is 6.54 Å². The Balaban J connectivity index is 1.65. The fourth-order valence-corrected chi connectivity index (χ4v) is 3.22. The summed E-state index contributed by atoms with van der Waals surface area (Å²) in [5.41, 5.74) is 2.20. The molecule has 0 spiro atoms. The van der Waals surface area contributed by atoms with Crippen molar-refractivity contribution in [3.05, 3.63) is 77.4 Å². The minimum absolute atomic E-state index is 0.00570. The summed E-state index contributed by atoms with van der Waals surface area (Å²) in [6, 6.07) is 17.4. The summed E-state index contributed by atoms with van der Waals surface area (Å²) in [4.78, 5) is 2.20. The van der Waals surface area contributed by atoms with Gasteiger partial charge in [-0.1, -0.05) is 42.5 Å². The lowest BCUT2D eigenvalue weighted by Crippen LogP contribution is -2.27. The summed E-state index contributed by atoms with van der Waals surface area (Å²) >= 11 is 0. The molecule has 128 valence electrons. The SMILES string of the molecule is CN(Cc1nnnn1C1CC1)C(c1ccccc1)c1ccc(F)cc1. The highest BCUT2D eigenvalue weighted by atomic mass is 19.1. The van der Waals surface area contributed by atoms with Crippen molar-refractivity contribution in [2.24, 2.45) is 0 Å². The van der Waals surface area contributed by atoms with Crippen LogP contribution in [0.5, 0.6) is 0 Å². The first-order valence-electron chi connectivity index (χ1n) is 8.50. The molecule has 4 rings (SSSR count). The van der Waals surface area contributed by atoms with Crippen LogP contribution >= 0.6 is 0 Å². The second kappa shape index (κ2) is 6.72. The number of aromatic nitrogens is 4. The van der Waals surface area contributed by atoms with Crippen LogP contribution in [-0.4, -0.2) is 32.2 Å². The first-order chi connectivity index (χ1) is 12.2. The first-order valence-corrected chi connectivity index (χ1v) is 8.50. The van der Waals surface area contributed by atoms with E-state index in [-0.39, 0.29) is 11.9 Å². The van der Waals surface area contributed by atoms with E-state index >= 15 is 0 Å². The van der Waals surface area contributed by atoms with Gasteiger partial charge in [-0.25, -0.2) is 9.07 Å². The largest absolute Gasteiger partial charge is 0.288 e. The Kier molecular flexibility index (Phi) is 4.28. The molecule has 1 aromatic heterocycles. The molecule has 2 aromatic carbocycles. The number of hydrogen-bond donors (Lipinski definition) is 0. The molecule has 0 saturated heterocycles. The molecular weight excluding hydrogens is 317 g/mol. The van der Waals surface area contributed by atoms with Crippen LogP contribution in [0.4, 0.5) is 4.39 Å². The molecule has 1 unspecified atom stereocenters. The van der Waals surface area contributed by atoms with Gasteiger partial charge in [-0.15, -0.1) is 5.10 Å². The number of rotatable bonds is 6. The highest BCUT2D eigenvalue weighted by Gasteiger charge is 2.29. The molecule has 3 aromatic rings. The van der Waals surface area contributed by atoms with Crippen LogP contribution in [0.1, 0.15) is 41.9 Å². The van der Waals surface area contributed by atoms with Gasteiger partial charge in [-0.05, 0) is 53.6 Å². The Morgan fingerprint density at radius 2 is 1.76 bits per heavy atom. The maximum Gasteiger partial charge on any atom is 0.165 e. The van der Waals surface area contributed by atoms with Gasteiger partial charge in [0.1, 0.15) is 5.82 Å². The fraction of sp³-hybridized carbons (Fsp3) is 0.316. The van der Waals surface area contributed by atoms with Crippen LogP contribution < -0.4 is 0 Å². The van der Waals surface area contributed by atoms with Crippen LogP contribution in [0, 0.1) is 5.82 Å². The number of halogens is 1. The summed E-state index contributed by atoms with van der Waals surface area (Å²) in [6.45, 7) is 0.625. The maximum absolute atomic E-state index is 13.4. The van der Waals surface area contributed by atoms with Crippen LogP contribution in [0.25, 0.3) is 0 Å². The van der Waals surface area contributed by atoms with E-state index in [9.17, 15) is 4.39 Å². The second-order valence-corrected chi connectivity index (χ2v) is 6.55. The number of hydrogen-bond acceptors (Lipinski definition) is 4. The Bertz CT molecular complexity index is 827. The maximum atomic E-state index is 13.4. The van der Waals surface area contributed by atoms with Crippen LogP contribution in [0.15, 0.2) is 54.6 Å². The van der Waals surface area contributed by atoms with Crippen molar-refractivity contribution in [2.75, 3.05) is 7.05 Å². The lowest BCUT2D eigenvalue weighted by Gasteiger charge is -2.28. The average Bonchev–Trinajstić information content (AvgIpc) is 3.37. The zero-order valence-electron chi connectivity index (χ0n) is 14.1. The van der Waals surface area contributed by atoms with Crippen molar-refractivity contribution >= 4 is 0 Å². The van der Waals surface area contributed by atoms with E-state index in [1.165, 1.54) is 12.1 Å². The molecule has 0 amide bonds. The van der Waals surface area contributed by atoms with Crippen molar-refractivity contribution < 1.29 is 4.39 Å². The summed E-state index contributed by atoms with van der Waals surface area (Å²) in [5.74, 6) is 0.643. The van der Waals surface area contributed by atoms with Gasteiger partial charge in [0.25, 0.3) is 0 Å². The Hall–Kier alpha value is -2.60. The summed E-state index contributed by atoms with van der Waals surface area (Å²) in [5, 5.41) is 12.2. The van der Waals surface area contributed by atoms with Crippen molar-refractivity contribution in [2.45, 2.75) is 31.5 Å². The van der Waals surface area contributed by atoms with Crippen molar-refractivity contribution in [1.29, 1.82) is 0 Å². The molecule has 0 N–H and O–H groups in total. The van der Waals surface area contributed by atoms with Crippen LogP contribution in [0.3, 0.4) is 0 Å². The third-order valence-electron chi connectivity index (χ3n) is 4.59. The third kappa shape index (κ3) is 3.44. The van der Waals surface area contributed by atoms with Gasteiger partial charge in [-0.2, -0.15) is 0 Å². The van der Waals surface area contributed by atoms with Gasteiger partial charge >= 0.3 is 0 Å². The molecule has 1 atom stereocenters. The zero-order chi connectivity index (χ0) is 17.2. The molecule has 1 aliphatic carbocycles. The van der Waals surface area contributed by atoms with E-state index in [0.29, 0.717) is 12.6 Å². The Labute approximate surface area is 146 Å². The van der Waals surface area contributed by atoms with E-state index in [1.54, 1.807) is 0 Å². The normalized spacial score (nSPS) is 15.5. The highest BCUT2D eigenvalue weighted by Crippen LogP contribution is 2.35. The molecule has 1 saturated carbocycles.